The summed E-state index contributed by atoms with van der Waals surface area (Å²) < 4.78 is 2.21. The number of aromatic nitrogens is 1. The first kappa shape index (κ1) is 13.6. The van der Waals surface area contributed by atoms with Gasteiger partial charge in [0.2, 0.25) is 0 Å². The van der Waals surface area contributed by atoms with Crippen LogP contribution in [0, 0.1) is 0 Å². The molecule has 0 radical (unpaired) electrons. The second-order valence-electron chi connectivity index (χ2n) is 5.52. The van der Waals surface area contributed by atoms with Crippen LogP contribution in [0.4, 0.5) is 5.69 Å². The molecule has 0 aliphatic carbocycles. The van der Waals surface area contributed by atoms with E-state index in [1.54, 1.807) is 0 Å². The molecule has 100 valence electrons. The summed E-state index contributed by atoms with van der Waals surface area (Å²) >= 11 is 0. The highest BCUT2D eigenvalue weighted by atomic mass is 15.1. The zero-order chi connectivity index (χ0) is 13.8. The number of benzene rings is 1. The van der Waals surface area contributed by atoms with Crippen molar-refractivity contribution in [3.05, 3.63) is 59.9 Å². The largest absolute Gasteiger partial charge is 0.377 e. The van der Waals surface area contributed by atoms with Gasteiger partial charge in [0, 0.05) is 37.5 Å². The van der Waals surface area contributed by atoms with Gasteiger partial charge in [-0.05, 0) is 11.5 Å². The van der Waals surface area contributed by atoms with Gasteiger partial charge in [-0.1, -0.05) is 38.1 Å². The molecule has 1 heterocycles. The Morgan fingerprint density at radius 3 is 2.00 bits per heavy atom. The quantitative estimate of drug-likeness (QED) is 0.761. The van der Waals surface area contributed by atoms with E-state index in [-0.39, 0.29) is 0 Å². The molecule has 1 aromatic carbocycles. The van der Waals surface area contributed by atoms with Crippen LogP contribution in [0.3, 0.4) is 0 Å². The van der Waals surface area contributed by atoms with Gasteiger partial charge in [-0.25, -0.2) is 4.57 Å². The number of nitrogens with zero attached hydrogens (tertiary/aromatic N) is 2. The van der Waals surface area contributed by atoms with Gasteiger partial charge >= 0.3 is 0 Å². The number of pyridine rings is 1. The summed E-state index contributed by atoms with van der Waals surface area (Å²) in [6.07, 6.45) is 4.26. The predicted octanol–water partition coefficient (Wildman–Crippen LogP) is 3.21. The fourth-order valence-corrected chi connectivity index (χ4v) is 2.07. The van der Waals surface area contributed by atoms with E-state index in [0.29, 0.717) is 5.92 Å². The van der Waals surface area contributed by atoms with Gasteiger partial charge in [-0.2, -0.15) is 0 Å². The maximum atomic E-state index is 2.23. The summed E-state index contributed by atoms with van der Waals surface area (Å²) in [6.45, 7) is 5.37. The van der Waals surface area contributed by atoms with Crippen LogP contribution in [0.15, 0.2) is 48.8 Å². The van der Waals surface area contributed by atoms with Crippen LogP contribution in [-0.4, -0.2) is 14.1 Å². The van der Waals surface area contributed by atoms with Gasteiger partial charge in [0.05, 0.1) is 0 Å². The molecule has 2 rings (SSSR count). The standard InChI is InChI=1S/C17H23N2/c1-14(2)16-7-5-15(6-8-16)13-19-11-9-17(10-12-19)18(3)4/h5-12,14H,13H2,1-4H3/q+1. The van der Waals surface area contributed by atoms with Crippen molar-refractivity contribution in [1.82, 2.24) is 0 Å². The van der Waals surface area contributed by atoms with Gasteiger partial charge in [0.25, 0.3) is 0 Å². The van der Waals surface area contributed by atoms with Gasteiger partial charge < -0.3 is 4.90 Å². The molecule has 0 N–H and O–H groups in total. The third-order valence-electron chi connectivity index (χ3n) is 3.40. The fourth-order valence-electron chi connectivity index (χ4n) is 2.07. The van der Waals surface area contributed by atoms with E-state index in [1.165, 1.54) is 16.8 Å². The molecule has 0 aliphatic rings. The molecule has 19 heavy (non-hydrogen) atoms. The lowest BCUT2D eigenvalue weighted by Gasteiger charge is -2.10. The van der Waals surface area contributed by atoms with Crippen LogP contribution >= 0.6 is 0 Å². The summed E-state index contributed by atoms with van der Waals surface area (Å²) in [6, 6.07) is 13.2. The van der Waals surface area contributed by atoms with Crippen molar-refractivity contribution in [2.24, 2.45) is 0 Å². The SMILES string of the molecule is CC(C)c1ccc(C[n+]2ccc(N(C)C)cc2)cc1. The van der Waals surface area contributed by atoms with Crippen molar-refractivity contribution in [3.63, 3.8) is 0 Å². The molecule has 1 aromatic heterocycles. The number of hydrogen-bond acceptors (Lipinski definition) is 1. The van der Waals surface area contributed by atoms with Crippen LogP contribution < -0.4 is 9.47 Å². The Hall–Kier alpha value is -1.83. The Morgan fingerprint density at radius 2 is 1.53 bits per heavy atom. The lowest BCUT2D eigenvalue weighted by molar-refractivity contribution is -0.688. The van der Waals surface area contributed by atoms with E-state index in [1.807, 2.05) is 0 Å². The van der Waals surface area contributed by atoms with E-state index in [2.05, 4.69) is 86.2 Å². The zero-order valence-electron chi connectivity index (χ0n) is 12.3. The van der Waals surface area contributed by atoms with Gasteiger partial charge in [-0.3, -0.25) is 0 Å². The van der Waals surface area contributed by atoms with Crippen molar-refractivity contribution >= 4 is 5.69 Å². The van der Waals surface area contributed by atoms with E-state index in [9.17, 15) is 0 Å². The Balaban J connectivity index is 2.08. The minimum atomic E-state index is 0.598. The topological polar surface area (TPSA) is 7.12 Å². The maximum absolute atomic E-state index is 2.23. The van der Waals surface area contributed by atoms with Crippen LogP contribution in [0.5, 0.6) is 0 Å². The summed E-state index contributed by atoms with van der Waals surface area (Å²) in [5, 5.41) is 0. The Labute approximate surface area is 116 Å². The minimum absolute atomic E-state index is 0.598. The van der Waals surface area contributed by atoms with E-state index >= 15 is 0 Å². The fraction of sp³-hybridized carbons (Fsp3) is 0.353. The third-order valence-corrected chi connectivity index (χ3v) is 3.40. The van der Waals surface area contributed by atoms with Crippen molar-refractivity contribution in [2.75, 3.05) is 19.0 Å². The normalized spacial score (nSPS) is 10.8. The molecule has 0 fully saturated rings. The monoisotopic (exact) mass is 255 g/mol. The average molecular weight is 255 g/mol. The summed E-state index contributed by atoms with van der Waals surface area (Å²) in [5.41, 5.74) is 3.97. The van der Waals surface area contributed by atoms with Gasteiger partial charge in [0.1, 0.15) is 0 Å². The van der Waals surface area contributed by atoms with Crippen molar-refractivity contribution in [2.45, 2.75) is 26.3 Å². The Bertz CT molecular complexity index is 460. The second kappa shape index (κ2) is 5.87. The molecule has 0 bridgehead atoms. The first-order valence-electron chi connectivity index (χ1n) is 6.81. The molecular weight excluding hydrogens is 232 g/mol. The first-order valence-corrected chi connectivity index (χ1v) is 6.81. The zero-order valence-corrected chi connectivity index (χ0v) is 12.3. The van der Waals surface area contributed by atoms with Crippen LogP contribution in [0.25, 0.3) is 0 Å². The third kappa shape index (κ3) is 3.57. The summed E-state index contributed by atoms with van der Waals surface area (Å²) in [4.78, 5) is 2.11. The minimum Gasteiger partial charge on any atom is -0.377 e. The molecule has 0 aliphatic heterocycles. The highest BCUT2D eigenvalue weighted by molar-refractivity contribution is 5.41. The molecule has 0 unspecified atom stereocenters. The number of rotatable bonds is 4. The average Bonchev–Trinajstić information content (AvgIpc) is 2.40. The van der Waals surface area contributed by atoms with E-state index in [0.717, 1.165) is 6.54 Å². The molecule has 2 heteroatoms. The van der Waals surface area contributed by atoms with Crippen LogP contribution in [-0.2, 0) is 6.54 Å². The molecular formula is C17H23N2+. The predicted molar refractivity (Wildman–Crippen MR) is 80.6 cm³/mol. The Morgan fingerprint density at radius 1 is 0.947 bits per heavy atom. The molecule has 0 saturated carbocycles. The van der Waals surface area contributed by atoms with Gasteiger partial charge in [-0.15, -0.1) is 0 Å². The molecule has 0 saturated heterocycles. The smallest absolute Gasteiger partial charge is 0.173 e. The van der Waals surface area contributed by atoms with E-state index < -0.39 is 0 Å². The summed E-state index contributed by atoms with van der Waals surface area (Å²) in [7, 11) is 4.12. The molecule has 0 spiro atoms. The highest BCUT2D eigenvalue weighted by Gasteiger charge is 2.05. The summed E-state index contributed by atoms with van der Waals surface area (Å²) in [5.74, 6) is 0.598. The lowest BCUT2D eigenvalue weighted by atomic mass is 10.0. The molecule has 0 atom stereocenters. The molecule has 2 aromatic rings. The highest BCUT2D eigenvalue weighted by Crippen LogP contribution is 2.14. The first-order chi connectivity index (χ1) is 9.06. The maximum Gasteiger partial charge on any atom is 0.173 e. The number of anilines is 1. The van der Waals surface area contributed by atoms with Crippen LogP contribution in [0.1, 0.15) is 30.9 Å². The molecule has 0 amide bonds. The lowest BCUT2D eigenvalue weighted by Crippen LogP contribution is -2.33. The van der Waals surface area contributed by atoms with Crippen molar-refractivity contribution in [3.8, 4) is 0 Å². The Kier molecular flexibility index (Phi) is 4.20. The van der Waals surface area contributed by atoms with Crippen molar-refractivity contribution < 1.29 is 4.57 Å². The van der Waals surface area contributed by atoms with E-state index in [4.69, 9.17) is 0 Å². The van der Waals surface area contributed by atoms with Crippen molar-refractivity contribution in [1.29, 1.82) is 0 Å². The second-order valence-corrected chi connectivity index (χ2v) is 5.52. The molecule has 2 nitrogen and oxygen atoms in total. The van der Waals surface area contributed by atoms with Crippen LogP contribution in [0.2, 0.25) is 0 Å². The van der Waals surface area contributed by atoms with Gasteiger partial charge in [0.15, 0.2) is 18.9 Å². The number of hydrogen-bond donors (Lipinski definition) is 0.